The number of nitrogens with zero attached hydrogens (tertiary/aromatic N) is 1. The van der Waals surface area contributed by atoms with E-state index in [2.05, 4.69) is 4.98 Å². The lowest BCUT2D eigenvalue weighted by atomic mass is 10.0. The molecule has 0 aliphatic heterocycles. The van der Waals surface area contributed by atoms with Crippen LogP contribution < -0.4 is 10.3 Å². The summed E-state index contributed by atoms with van der Waals surface area (Å²) < 4.78 is 5.18. The molecular formula is C13H10N2O3. The van der Waals surface area contributed by atoms with Gasteiger partial charge >= 0.3 is 0 Å². The second-order valence-corrected chi connectivity index (χ2v) is 3.58. The highest BCUT2D eigenvalue weighted by Gasteiger charge is 2.14. The summed E-state index contributed by atoms with van der Waals surface area (Å²) in [7, 11) is 1.50. The molecule has 0 amide bonds. The van der Waals surface area contributed by atoms with Crippen molar-refractivity contribution in [2.75, 3.05) is 7.11 Å². The van der Waals surface area contributed by atoms with Gasteiger partial charge in [-0.25, -0.2) is 0 Å². The van der Waals surface area contributed by atoms with Crippen LogP contribution >= 0.6 is 0 Å². The first-order chi connectivity index (χ1) is 8.67. The molecule has 0 aliphatic rings. The number of hydrogen-bond donors (Lipinski definition) is 2. The van der Waals surface area contributed by atoms with E-state index in [-0.39, 0.29) is 5.56 Å². The molecule has 0 fully saturated rings. The third kappa shape index (κ3) is 1.92. The zero-order valence-electron chi connectivity index (χ0n) is 9.60. The Balaban J connectivity index is 2.79. The molecule has 1 aromatic carbocycles. The van der Waals surface area contributed by atoms with Gasteiger partial charge < -0.3 is 9.84 Å². The van der Waals surface area contributed by atoms with E-state index < -0.39 is 11.4 Å². The number of pyridine rings is 1. The van der Waals surface area contributed by atoms with Crippen LogP contribution in [-0.2, 0) is 0 Å². The lowest BCUT2D eigenvalue weighted by molar-refractivity contribution is 0.416. The van der Waals surface area contributed by atoms with Crippen molar-refractivity contribution in [2.45, 2.75) is 0 Å². The van der Waals surface area contributed by atoms with Gasteiger partial charge in [0, 0.05) is 17.2 Å². The number of aromatic amines is 1. The second-order valence-electron chi connectivity index (χ2n) is 3.58. The summed E-state index contributed by atoms with van der Waals surface area (Å²) in [6.07, 6.45) is 0. The number of rotatable bonds is 2. The molecular weight excluding hydrogens is 232 g/mol. The van der Waals surface area contributed by atoms with E-state index in [9.17, 15) is 9.90 Å². The molecule has 90 valence electrons. The van der Waals surface area contributed by atoms with Crippen molar-refractivity contribution in [3.05, 3.63) is 46.2 Å². The first kappa shape index (κ1) is 11.7. The van der Waals surface area contributed by atoms with Crippen molar-refractivity contribution < 1.29 is 9.84 Å². The van der Waals surface area contributed by atoms with Gasteiger partial charge in [0.25, 0.3) is 5.56 Å². The van der Waals surface area contributed by atoms with Gasteiger partial charge in [0.1, 0.15) is 17.4 Å². The highest BCUT2D eigenvalue weighted by molar-refractivity contribution is 5.76. The fraction of sp³-hybridized carbons (Fsp3) is 0.0769. The quantitative estimate of drug-likeness (QED) is 0.837. The van der Waals surface area contributed by atoms with Crippen molar-refractivity contribution in [3.63, 3.8) is 0 Å². The number of nitriles is 1. The normalized spacial score (nSPS) is 9.78. The van der Waals surface area contributed by atoms with Crippen LogP contribution in [0.15, 0.2) is 35.1 Å². The van der Waals surface area contributed by atoms with E-state index in [1.807, 2.05) is 6.07 Å². The third-order valence-electron chi connectivity index (χ3n) is 2.53. The second kappa shape index (κ2) is 4.63. The first-order valence-electron chi connectivity index (χ1n) is 5.17. The lowest BCUT2D eigenvalue weighted by Gasteiger charge is -2.09. The number of benzene rings is 1. The Kier molecular flexibility index (Phi) is 3.02. The predicted molar refractivity (Wildman–Crippen MR) is 65.4 cm³/mol. The molecule has 0 saturated heterocycles. The number of ether oxygens (including phenoxy) is 1. The lowest BCUT2D eigenvalue weighted by Crippen LogP contribution is -2.06. The molecule has 2 rings (SSSR count). The Bertz CT molecular complexity index is 683. The van der Waals surface area contributed by atoms with Crippen LogP contribution in [0.4, 0.5) is 0 Å². The Hall–Kier alpha value is -2.74. The van der Waals surface area contributed by atoms with E-state index in [4.69, 9.17) is 10.00 Å². The van der Waals surface area contributed by atoms with E-state index >= 15 is 0 Å². The van der Waals surface area contributed by atoms with Gasteiger partial charge in [-0.3, -0.25) is 9.78 Å². The van der Waals surface area contributed by atoms with Crippen LogP contribution in [0.3, 0.4) is 0 Å². The minimum Gasteiger partial charge on any atom is -0.496 e. The molecule has 0 aliphatic carbocycles. The molecule has 0 bridgehead atoms. The summed E-state index contributed by atoms with van der Waals surface area (Å²) in [4.78, 5) is 13.6. The third-order valence-corrected chi connectivity index (χ3v) is 2.53. The SMILES string of the molecule is COc1ccccc1-c1cc(=O)[nH]c(O)c1C#N. The fourth-order valence-corrected chi connectivity index (χ4v) is 1.74. The largest absolute Gasteiger partial charge is 0.496 e. The van der Waals surface area contributed by atoms with Crippen LogP contribution in [0, 0.1) is 11.3 Å². The number of hydrogen-bond acceptors (Lipinski definition) is 4. The van der Waals surface area contributed by atoms with Crippen LogP contribution in [0.25, 0.3) is 11.1 Å². The Morgan fingerprint density at radius 2 is 2.06 bits per heavy atom. The fourth-order valence-electron chi connectivity index (χ4n) is 1.74. The molecule has 5 nitrogen and oxygen atoms in total. The Labute approximate surface area is 103 Å². The van der Waals surface area contributed by atoms with Crippen molar-refractivity contribution in [1.82, 2.24) is 4.98 Å². The van der Waals surface area contributed by atoms with E-state index in [1.165, 1.54) is 13.2 Å². The number of methoxy groups -OCH3 is 1. The van der Waals surface area contributed by atoms with Crippen LogP contribution in [0.2, 0.25) is 0 Å². The van der Waals surface area contributed by atoms with Crippen LogP contribution in [0.5, 0.6) is 11.6 Å². The minimum absolute atomic E-state index is 0.0131. The zero-order chi connectivity index (χ0) is 13.1. The van der Waals surface area contributed by atoms with E-state index in [0.29, 0.717) is 16.9 Å². The summed E-state index contributed by atoms with van der Waals surface area (Å²) in [5, 5.41) is 18.6. The van der Waals surface area contributed by atoms with Gasteiger partial charge in [0.2, 0.25) is 5.88 Å². The summed E-state index contributed by atoms with van der Waals surface area (Å²) in [5.74, 6) is 0.0879. The summed E-state index contributed by atoms with van der Waals surface area (Å²) in [5.41, 5.74) is 0.459. The summed E-state index contributed by atoms with van der Waals surface area (Å²) >= 11 is 0. The van der Waals surface area contributed by atoms with Crippen LogP contribution in [0.1, 0.15) is 5.56 Å². The molecule has 0 atom stereocenters. The maximum atomic E-state index is 11.4. The number of H-pyrrole nitrogens is 1. The topological polar surface area (TPSA) is 86.1 Å². The average molecular weight is 242 g/mol. The smallest absolute Gasteiger partial charge is 0.251 e. The number of nitrogens with one attached hydrogen (secondary N) is 1. The van der Waals surface area contributed by atoms with Crippen molar-refractivity contribution >= 4 is 0 Å². The summed E-state index contributed by atoms with van der Waals surface area (Å²) in [6, 6.07) is 10.1. The number of para-hydroxylation sites is 1. The minimum atomic E-state index is -0.479. The van der Waals surface area contributed by atoms with E-state index in [1.54, 1.807) is 24.3 Å². The maximum absolute atomic E-state index is 11.4. The number of aromatic nitrogens is 1. The van der Waals surface area contributed by atoms with Gasteiger partial charge in [0.05, 0.1) is 7.11 Å². The van der Waals surface area contributed by atoms with Gasteiger partial charge in [-0.2, -0.15) is 5.26 Å². The molecule has 18 heavy (non-hydrogen) atoms. The molecule has 2 N–H and O–H groups in total. The van der Waals surface area contributed by atoms with Crippen molar-refractivity contribution in [3.8, 4) is 28.8 Å². The molecule has 0 radical (unpaired) electrons. The maximum Gasteiger partial charge on any atom is 0.251 e. The Morgan fingerprint density at radius 3 is 2.72 bits per heavy atom. The Morgan fingerprint density at radius 1 is 1.33 bits per heavy atom. The first-order valence-corrected chi connectivity index (χ1v) is 5.17. The average Bonchev–Trinajstić information content (AvgIpc) is 2.38. The van der Waals surface area contributed by atoms with Crippen LogP contribution in [-0.4, -0.2) is 17.2 Å². The molecule has 2 aromatic rings. The van der Waals surface area contributed by atoms with E-state index in [0.717, 1.165) is 0 Å². The van der Waals surface area contributed by atoms with Gasteiger partial charge in [-0.15, -0.1) is 0 Å². The number of aromatic hydroxyl groups is 1. The molecule has 5 heteroatoms. The molecule has 1 heterocycles. The highest BCUT2D eigenvalue weighted by Crippen LogP contribution is 2.33. The van der Waals surface area contributed by atoms with Crippen molar-refractivity contribution in [1.29, 1.82) is 5.26 Å². The van der Waals surface area contributed by atoms with Crippen molar-refractivity contribution in [2.24, 2.45) is 0 Å². The van der Waals surface area contributed by atoms with Gasteiger partial charge in [-0.1, -0.05) is 18.2 Å². The predicted octanol–water partition coefficient (Wildman–Crippen LogP) is 1.63. The monoisotopic (exact) mass is 242 g/mol. The zero-order valence-corrected chi connectivity index (χ0v) is 9.60. The molecule has 0 unspecified atom stereocenters. The highest BCUT2D eigenvalue weighted by atomic mass is 16.5. The molecule has 0 spiro atoms. The standard InChI is InChI=1S/C13H10N2O3/c1-18-11-5-3-2-4-8(11)9-6-12(16)15-13(17)10(9)7-14/h2-6H,1H3,(H2,15,16,17). The molecule has 1 aromatic heterocycles. The summed E-state index contributed by atoms with van der Waals surface area (Å²) in [6.45, 7) is 0. The molecule has 0 saturated carbocycles. The van der Waals surface area contributed by atoms with Gasteiger partial charge in [0.15, 0.2) is 0 Å². The van der Waals surface area contributed by atoms with Gasteiger partial charge in [-0.05, 0) is 6.07 Å².